The number of fused-ring (bicyclic) bond motifs is 1. The Kier molecular flexibility index (Phi) is 5.41. The Bertz CT molecular complexity index is 910. The quantitative estimate of drug-likeness (QED) is 0.632. The van der Waals surface area contributed by atoms with Gasteiger partial charge in [0, 0.05) is 44.1 Å². The van der Waals surface area contributed by atoms with Crippen molar-refractivity contribution in [3.63, 3.8) is 0 Å². The third kappa shape index (κ3) is 4.91. The number of nitrogens with one attached hydrogen (secondary N) is 3. The summed E-state index contributed by atoms with van der Waals surface area (Å²) in [5.74, 6) is 3.10. The van der Waals surface area contributed by atoms with Crippen LogP contribution in [0.2, 0.25) is 0 Å². The highest BCUT2D eigenvalue weighted by molar-refractivity contribution is 5.75. The average molecular weight is 425 g/mol. The molecular formula is C22H32N8O. The molecule has 2 unspecified atom stereocenters. The molecule has 2 aromatic rings. The Hall–Kier alpha value is -2.84. The lowest BCUT2D eigenvalue weighted by Crippen LogP contribution is -2.40. The van der Waals surface area contributed by atoms with Crippen molar-refractivity contribution in [3.05, 3.63) is 24.7 Å². The van der Waals surface area contributed by atoms with Gasteiger partial charge < -0.3 is 20.9 Å². The monoisotopic (exact) mass is 424 g/mol. The molecule has 3 N–H and O–H groups in total. The maximum atomic E-state index is 12.3. The maximum Gasteiger partial charge on any atom is 0.317 e. The van der Waals surface area contributed by atoms with Crippen LogP contribution in [-0.2, 0) is 6.54 Å². The standard InChI is InChI=1S/C22H32N8O/c1-14(2)10-30-13-19(9-24-30)26-21-23-6-5-20(28-21)25-18-7-15-11-29(12-16(15)8-18)22(31)27-17-3-4-17/h5-6,9,13-18H,3-4,7-8,10-12H2,1-2H3,(H,27,31)(H2,23,25,26,28). The third-order valence-corrected chi connectivity index (χ3v) is 6.39. The zero-order valence-corrected chi connectivity index (χ0v) is 18.3. The van der Waals surface area contributed by atoms with E-state index < -0.39 is 0 Å². The molecule has 2 saturated carbocycles. The molecule has 166 valence electrons. The number of hydrogen-bond acceptors (Lipinski definition) is 6. The van der Waals surface area contributed by atoms with Crippen molar-refractivity contribution in [2.24, 2.45) is 17.8 Å². The zero-order chi connectivity index (χ0) is 21.4. The van der Waals surface area contributed by atoms with Gasteiger partial charge in [0.1, 0.15) is 5.82 Å². The first-order valence-electron chi connectivity index (χ1n) is 11.5. The van der Waals surface area contributed by atoms with E-state index in [1.54, 1.807) is 12.4 Å². The van der Waals surface area contributed by atoms with Gasteiger partial charge in [-0.15, -0.1) is 0 Å². The molecule has 2 aliphatic carbocycles. The van der Waals surface area contributed by atoms with Gasteiger partial charge >= 0.3 is 6.03 Å². The van der Waals surface area contributed by atoms with Crippen LogP contribution in [0.15, 0.2) is 24.7 Å². The molecule has 2 atom stereocenters. The maximum absolute atomic E-state index is 12.3. The number of likely N-dealkylation sites (tertiary alicyclic amines) is 1. The van der Waals surface area contributed by atoms with Gasteiger partial charge in [-0.2, -0.15) is 10.1 Å². The Balaban J connectivity index is 1.13. The van der Waals surface area contributed by atoms with Crippen molar-refractivity contribution in [1.82, 2.24) is 30.0 Å². The molecule has 0 aromatic carbocycles. The Labute approximate surface area is 183 Å². The molecule has 9 heteroatoms. The second-order valence-electron chi connectivity index (χ2n) is 9.70. The second kappa shape index (κ2) is 8.36. The zero-order valence-electron chi connectivity index (χ0n) is 18.3. The first-order chi connectivity index (χ1) is 15.0. The van der Waals surface area contributed by atoms with Gasteiger partial charge in [-0.25, -0.2) is 9.78 Å². The molecule has 0 spiro atoms. The van der Waals surface area contributed by atoms with Crippen LogP contribution in [0.3, 0.4) is 0 Å². The van der Waals surface area contributed by atoms with Crippen molar-refractivity contribution in [2.45, 2.75) is 58.2 Å². The lowest BCUT2D eigenvalue weighted by molar-refractivity contribution is 0.204. The molecule has 5 rings (SSSR count). The van der Waals surface area contributed by atoms with Gasteiger partial charge in [0.05, 0.1) is 11.9 Å². The number of carbonyl (C=O) groups is 1. The summed E-state index contributed by atoms with van der Waals surface area (Å²) in [5.41, 5.74) is 0.887. The van der Waals surface area contributed by atoms with Crippen LogP contribution in [0, 0.1) is 17.8 Å². The largest absolute Gasteiger partial charge is 0.367 e. The molecule has 9 nitrogen and oxygen atoms in total. The number of rotatable bonds is 7. The number of hydrogen-bond donors (Lipinski definition) is 3. The van der Waals surface area contributed by atoms with E-state index in [0.717, 1.165) is 56.8 Å². The van der Waals surface area contributed by atoms with Crippen molar-refractivity contribution in [3.8, 4) is 0 Å². The van der Waals surface area contributed by atoms with E-state index in [1.165, 1.54) is 0 Å². The van der Waals surface area contributed by atoms with E-state index in [4.69, 9.17) is 0 Å². The summed E-state index contributed by atoms with van der Waals surface area (Å²) < 4.78 is 1.93. The fraction of sp³-hybridized carbons (Fsp3) is 0.636. The first-order valence-corrected chi connectivity index (χ1v) is 11.5. The smallest absolute Gasteiger partial charge is 0.317 e. The highest BCUT2D eigenvalue weighted by atomic mass is 16.2. The molecule has 0 bridgehead atoms. The van der Waals surface area contributed by atoms with Gasteiger partial charge in [-0.05, 0) is 49.5 Å². The van der Waals surface area contributed by atoms with E-state index in [-0.39, 0.29) is 6.03 Å². The molecular weight excluding hydrogens is 392 g/mol. The second-order valence-corrected chi connectivity index (χ2v) is 9.70. The summed E-state index contributed by atoms with van der Waals surface area (Å²) in [4.78, 5) is 23.3. The van der Waals surface area contributed by atoms with Crippen LogP contribution in [0.25, 0.3) is 0 Å². The Morgan fingerprint density at radius 3 is 2.68 bits per heavy atom. The molecule has 3 heterocycles. The Morgan fingerprint density at radius 2 is 1.97 bits per heavy atom. The SMILES string of the molecule is CC(C)Cn1cc(Nc2nccc(NC3CC4CN(C(=O)NC5CC5)CC4C3)n2)cn1. The lowest BCUT2D eigenvalue weighted by atomic mass is 10.0. The summed E-state index contributed by atoms with van der Waals surface area (Å²) in [6.45, 7) is 6.97. The van der Waals surface area contributed by atoms with Crippen LogP contribution in [0.5, 0.6) is 0 Å². The molecule has 3 aliphatic rings. The van der Waals surface area contributed by atoms with Crippen molar-refractivity contribution >= 4 is 23.5 Å². The minimum Gasteiger partial charge on any atom is -0.367 e. The van der Waals surface area contributed by atoms with E-state index in [2.05, 4.69) is 44.9 Å². The third-order valence-electron chi connectivity index (χ3n) is 6.39. The summed E-state index contributed by atoms with van der Waals surface area (Å²) in [7, 11) is 0. The number of nitrogens with zero attached hydrogens (tertiary/aromatic N) is 5. The van der Waals surface area contributed by atoms with Crippen molar-refractivity contribution in [2.75, 3.05) is 23.7 Å². The summed E-state index contributed by atoms with van der Waals surface area (Å²) in [6.07, 6.45) is 9.97. The number of carbonyl (C=O) groups excluding carboxylic acids is 1. The predicted molar refractivity (Wildman–Crippen MR) is 119 cm³/mol. The summed E-state index contributed by atoms with van der Waals surface area (Å²) in [5, 5.41) is 14.3. The van der Waals surface area contributed by atoms with Gasteiger partial charge in [0.2, 0.25) is 5.95 Å². The fourth-order valence-electron chi connectivity index (χ4n) is 4.82. The minimum absolute atomic E-state index is 0.129. The van der Waals surface area contributed by atoms with Gasteiger partial charge in [0.15, 0.2) is 0 Å². The van der Waals surface area contributed by atoms with E-state index in [9.17, 15) is 4.79 Å². The minimum atomic E-state index is 0.129. The van der Waals surface area contributed by atoms with Gasteiger partial charge in [-0.3, -0.25) is 4.68 Å². The number of urea groups is 1. The molecule has 31 heavy (non-hydrogen) atoms. The van der Waals surface area contributed by atoms with Crippen LogP contribution in [0.1, 0.15) is 39.5 Å². The first kappa shape index (κ1) is 20.1. The van der Waals surface area contributed by atoms with E-state index in [1.807, 2.05) is 21.8 Å². The van der Waals surface area contributed by atoms with E-state index in [0.29, 0.717) is 35.8 Å². The molecule has 1 aliphatic heterocycles. The summed E-state index contributed by atoms with van der Waals surface area (Å²) in [6, 6.07) is 2.86. The molecule has 0 radical (unpaired) electrons. The number of anilines is 3. The van der Waals surface area contributed by atoms with Crippen LogP contribution in [0.4, 0.5) is 22.2 Å². The van der Waals surface area contributed by atoms with Crippen molar-refractivity contribution in [1.29, 1.82) is 0 Å². The summed E-state index contributed by atoms with van der Waals surface area (Å²) >= 11 is 0. The fourth-order valence-corrected chi connectivity index (χ4v) is 4.82. The molecule has 1 saturated heterocycles. The lowest BCUT2D eigenvalue weighted by Gasteiger charge is -2.20. The number of aromatic nitrogens is 4. The van der Waals surface area contributed by atoms with Crippen LogP contribution < -0.4 is 16.0 Å². The molecule has 3 fully saturated rings. The van der Waals surface area contributed by atoms with Gasteiger partial charge in [-0.1, -0.05) is 13.8 Å². The topological polar surface area (TPSA) is 100 Å². The average Bonchev–Trinajstić information content (AvgIpc) is 3.09. The predicted octanol–water partition coefficient (Wildman–Crippen LogP) is 3.07. The molecule has 2 aromatic heterocycles. The Morgan fingerprint density at radius 1 is 1.19 bits per heavy atom. The number of amides is 2. The molecule has 2 amide bonds. The normalized spacial score (nSPS) is 25.0. The van der Waals surface area contributed by atoms with Gasteiger partial charge in [0.25, 0.3) is 0 Å². The van der Waals surface area contributed by atoms with Crippen molar-refractivity contribution < 1.29 is 4.79 Å². The van der Waals surface area contributed by atoms with Crippen LogP contribution in [-0.4, -0.2) is 55.9 Å². The van der Waals surface area contributed by atoms with Crippen LogP contribution >= 0.6 is 0 Å². The highest BCUT2D eigenvalue weighted by Gasteiger charge is 2.43. The highest BCUT2D eigenvalue weighted by Crippen LogP contribution is 2.39. The van der Waals surface area contributed by atoms with E-state index >= 15 is 0 Å².